The maximum absolute atomic E-state index is 6.28. The van der Waals surface area contributed by atoms with Gasteiger partial charge in [-0.3, -0.25) is 0 Å². The molecule has 1 atom stereocenters. The van der Waals surface area contributed by atoms with Crippen LogP contribution in [0.5, 0.6) is 0 Å². The molecule has 0 saturated carbocycles. The van der Waals surface area contributed by atoms with Gasteiger partial charge in [0.1, 0.15) is 5.82 Å². The van der Waals surface area contributed by atoms with Crippen LogP contribution < -0.4 is 5.73 Å². The second-order valence-corrected chi connectivity index (χ2v) is 5.22. The van der Waals surface area contributed by atoms with Crippen LogP contribution in [0, 0.1) is 27.7 Å². The van der Waals surface area contributed by atoms with E-state index in [-0.39, 0.29) is 6.04 Å². The van der Waals surface area contributed by atoms with E-state index in [1.165, 1.54) is 22.3 Å². The normalized spacial score (nSPS) is 12.5. The summed E-state index contributed by atoms with van der Waals surface area (Å²) in [6, 6.07) is 6.23. The van der Waals surface area contributed by atoms with Crippen LogP contribution in [0.3, 0.4) is 0 Å². The molecule has 19 heavy (non-hydrogen) atoms. The fourth-order valence-electron chi connectivity index (χ4n) is 2.54. The predicted molar refractivity (Wildman–Crippen MR) is 78.1 cm³/mol. The van der Waals surface area contributed by atoms with Crippen molar-refractivity contribution in [2.45, 2.75) is 40.2 Å². The van der Waals surface area contributed by atoms with Crippen LogP contribution in [-0.2, 0) is 6.42 Å². The molecule has 100 valence electrons. The van der Waals surface area contributed by atoms with Gasteiger partial charge in [-0.05, 0) is 56.9 Å². The molecule has 0 spiro atoms. The minimum absolute atomic E-state index is 0.0817. The number of hydrogen-bond donors (Lipinski definition) is 1. The van der Waals surface area contributed by atoms with E-state index in [4.69, 9.17) is 5.73 Å². The molecule has 1 unspecified atom stereocenters. The molecule has 0 saturated heterocycles. The van der Waals surface area contributed by atoms with Gasteiger partial charge in [-0.15, -0.1) is 0 Å². The highest BCUT2D eigenvalue weighted by Crippen LogP contribution is 2.21. The summed E-state index contributed by atoms with van der Waals surface area (Å²) in [7, 11) is 0. The molecule has 3 heteroatoms. The summed E-state index contributed by atoms with van der Waals surface area (Å²) in [6.45, 7) is 8.30. The van der Waals surface area contributed by atoms with Crippen molar-refractivity contribution in [1.82, 2.24) is 9.97 Å². The zero-order valence-electron chi connectivity index (χ0n) is 12.1. The quantitative estimate of drug-likeness (QED) is 0.917. The van der Waals surface area contributed by atoms with Crippen LogP contribution in [0.1, 0.15) is 39.8 Å². The Balaban J connectivity index is 2.26. The van der Waals surface area contributed by atoms with Crippen molar-refractivity contribution in [1.29, 1.82) is 0 Å². The maximum atomic E-state index is 6.28. The van der Waals surface area contributed by atoms with E-state index in [1.807, 2.05) is 13.0 Å². The highest BCUT2D eigenvalue weighted by molar-refractivity contribution is 5.38. The number of benzene rings is 1. The third-order valence-corrected chi connectivity index (χ3v) is 3.44. The Kier molecular flexibility index (Phi) is 3.96. The molecule has 0 bridgehead atoms. The van der Waals surface area contributed by atoms with Crippen molar-refractivity contribution in [2.24, 2.45) is 5.73 Å². The average Bonchev–Trinajstić information content (AvgIpc) is 2.33. The number of nitrogens with zero attached hydrogens (tertiary/aromatic N) is 2. The second-order valence-electron chi connectivity index (χ2n) is 5.22. The summed E-state index contributed by atoms with van der Waals surface area (Å²) in [5.41, 5.74) is 12.4. The molecule has 0 aliphatic rings. The molecule has 1 aromatic carbocycles. The van der Waals surface area contributed by atoms with Crippen molar-refractivity contribution in [3.63, 3.8) is 0 Å². The zero-order valence-corrected chi connectivity index (χ0v) is 12.1. The second kappa shape index (κ2) is 5.49. The molecule has 2 N–H and O–H groups in total. The van der Waals surface area contributed by atoms with Crippen molar-refractivity contribution in [2.75, 3.05) is 0 Å². The van der Waals surface area contributed by atoms with E-state index in [2.05, 4.69) is 42.9 Å². The first-order chi connectivity index (χ1) is 8.97. The first-order valence-electron chi connectivity index (χ1n) is 6.59. The Morgan fingerprint density at radius 1 is 1.11 bits per heavy atom. The lowest BCUT2D eigenvalue weighted by Crippen LogP contribution is -2.17. The summed E-state index contributed by atoms with van der Waals surface area (Å²) in [6.07, 6.45) is 2.58. The van der Waals surface area contributed by atoms with Gasteiger partial charge in [-0.1, -0.05) is 17.7 Å². The van der Waals surface area contributed by atoms with Gasteiger partial charge in [0, 0.05) is 6.20 Å². The first-order valence-corrected chi connectivity index (χ1v) is 6.59. The summed E-state index contributed by atoms with van der Waals surface area (Å²) in [5, 5.41) is 0. The van der Waals surface area contributed by atoms with Gasteiger partial charge in [0.25, 0.3) is 0 Å². The van der Waals surface area contributed by atoms with Crippen LogP contribution in [0.2, 0.25) is 0 Å². The molecule has 2 rings (SSSR count). The van der Waals surface area contributed by atoms with Gasteiger partial charge in [-0.25, -0.2) is 9.97 Å². The molecule has 3 nitrogen and oxygen atoms in total. The van der Waals surface area contributed by atoms with Crippen molar-refractivity contribution >= 4 is 0 Å². The molecule has 2 aromatic rings. The molecular formula is C16H21N3. The Labute approximate surface area is 114 Å². The third-order valence-electron chi connectivity index (χ3n) is 3.44. The van der Waals surface area contributed by atoms with Gasteiger partial charge in [-0.2, -0.15) is 0 Å². The molecule has 0 radical (unpaired) electrons. The number of aryl methyl sites for hydroxylation is 4. The molecule has 1 aromatic heterocycles. The van der Waals surface area contributed by atoms with E-state index in [9.17, 15) is 0 Å². The first kappa shape index (κ1) is 13.7. The van der Waals surface area contributed by atoms with Gasteiger partial charge in [0.05, 0.1) is 11.7 Å². The van der Waals surface area contributed by atoms with E-state index in [0.29, 0.717) is 0 Å². The number of aromatic nitrogens is 2. The minimum Gasteiger partial charge on any atom is -0.322 e. The maximum Gasteiger partial charge on any atom is 0.125 e. The van der Waals surface area contributed by atoms with Crippen molar-refractivity contribution in [3.05, 3.63) is 58.2 Å². The average molecular weight is 255 g/mol. The minimum atomic E-state index is -0.0817. The SMILES string of the molecule is Cc1cc(C)c(CC(N)c2ccnc(C)n2)c(C)c1. The summed E-state index contributed by atoms with van der Waals surface area (Å²) >= 11 is 0. The molecule has 0 fully saturated rings. The lowest BCUT2D eigenvalue weighted by molar-refractivity contribution is 0.683. The van der Waals surface area contributed by atoms with Crippen molar-refractivity contribution in [3.8, 4) is 0 Å². The Morgan fingerprint density at radius 3 is 2.32 bits per heavy atom. The van der Waals surface area contributed by atoms with E-state index in [1.54, 1.807) is 6.20 Å². The van der Waals surface area contributed by atoms with Crippen LogP contribution in [-0.4, -0.2) is 9.97 Å². The van der Waals surface area contributed by atoms with Gasteiger partial charge in [0.15, 0.2) is 0 Å². The fourth-order valence-corrected chi connectivity index (χ4v) is 2.54. The Bertz CT molecular complexity index is 567. The van der Waals surface area contributed by atoms with Gasteiger partial charge < -0.3 is 5.73 Å². The van der Waals surface area contributed by atoms with E-state index < -0.39 is 0 Å². The molecule has 0 aliphatic carbocycles. The molecule has 1 heterocycles. The number of nitrogens with two attached hydrogens (primary N) is 1. The van der Waals surface area contributed by atoms with Crippen LogP contribution >= 0.6 is 0 Å². The highest BCUT2D eigenvalue weighted by Gasteiger charge is 2.12. The van der Waals surface area contributed by atoms with Gasteiger partial charge >= 0.3 is 0 Å². The summed E-state index contributed by atoms with van der Waals surface area (Å²) in [4.78, 5) is 8.52. The largest absolute Gasteiger partial charge is 0.322 e. The Morgan fingerprint density at radius 2 is 1.74 bits per heavy atom. The highest BCUT2D eigenvalue weighted by atomic mass is 14.9. The topological polar surface area (TPSA) is 51.8 Å². The smallest absolute Gasteiger partial charge is 0.125 e. The van der Waals surface area contributed by atoms with Crippen LogP contribution in [0.15, 0.2) is 24.4 Å². The monoisotopic (exact) mass is 255 g/mol. The molecule has 0 amide bonds. The number of rotatable bonds is 3. The van der Waals surface area contributed by atoms with Crippen molar-refractivity contribution < 1.29 is 0 Å². The van der Waals surface area contributed by atoms with Gasteiger partial charge in [0.2, 0.25) is 0 Å². The van der Waals surface area contributed by atoms with E-state index >= 15 is 0 Å². The summed E-state index contributed by atoms with van der Waals surface area (Å²) < 4.78 is 0. The zero-order chi connectivity index (χ0) is 14.0. The summed E-state index contributed by atoms with van der Waals surface area (Å²) in [5.74, 6) is 0.769. The Hall–Kier alpha value is -1.74. The van der Waals surface area contributed by atoms with Crippen LogP contribution in [0.25, 0.3) is 0 Å². The third kappa shape index (κ3) is 3.18. The molecular weight excluding hydrogens is 234 g/mol. The lowest BCUT2D eigenvalue weighted by Gasteiger charge is -2.16. The number of hydrogen-bond acceptors (Lipinski definition) is 3. The predicted octanol–water partition coefficient (Wildman–Crippen LogP) is 2.95. The van der Waals surface area contributed by atoms with E-state index in [0.717, 1.165) is 17.9 Å². The molecule has 0 aliphatic heterocycles. The lowest BCUT2D eigenvalue weighted by atomic mass is 9.93. The standard InChI is InChI=1S/C16H21N3/c1-10-7-11(2)14(12(3)8-10)9-15(17)16-5-6-18-13(4)19-16/h5-8,15H,9,17H2,1-4H3. The fraction of sp³-hybridized carbons (Fsp3) is 0.375. The van der Waals surface area contributed by atoms with Crippen LogP contribution in [0.4, 0.5) is 0 Å².